The van der Waals surface area contributed by atoms with Crippen LogP contribution in [0.15, 0.2) is 36.5 Å². The van der Waals surface area contributed by atoms with Gasteiger partial charge < -0.3 is 9.64 Å². The average Bonchev–Trinajstić information content (AvgIpc) is 2.70. The van der Waals surface area contributed by atoms with Crippen LogP contribution in [0.3, 0.4) is 0 Å². The molecule has 2 fully saturated rings. The Morgan fingerprint density at radius 2 is 1.73 bits per heavy atom. The van der Waals surface area contributed by atoms with E-state index in [0.29, 0.717) is 6.54 Å². The van der Waals surface area contributed by atoms with E-state index < -0.39 is 0 Å². The second kappa shape index (κ2) is 8.12. The zero-order chi connectivity index (χ0) is 17.8. The molecule has 6 heteroatoms. The highest BCUT2D eigenvalue weighted by Crippen LogP contribution is 2.18. The van der Waals surface area contributed by atoms with Gasteiger partial charge in [-0.1, -0.05) is 24.3 Å². The quantitative estimate of drug-likeness (QED) is 0.826. The molecule has 4 rings (SSSR count). The fraction of sp³-hybridized carbons (Fsp3) is 0.500. The maximum atomic E-state index is 12.5. The molecule has 1 aromatic carbocycles. The second-order valence-electron chi connectivity index (χ2n) is 7.04. The molecule has 0 radical (unpaired) electrons. The van der Waals surface area contributed by atoms with E-state index in [9.17, 15) is 4.79 Å². The van der Waals surface area contributed by atoms with E-state index >= 15 is 0 Å². The number of benzene rings is 1. The van der Waals surface area contributed by atoms with Gasteiger partial charge in [0, 0.05) is 57.4 Å². The third-order valence-corrected chi connectivity index (χ3v) is 5.30. The van der Waals surface area contributed by atoms with Crippen molar-refractivity contribution in [3.8, 4) is 0 Å². The predicted octanol–water partition coefficient (Wildman–Crippen LogP) is 1.21. The number of carbonyl (C=O) groups excluding carboxylic acids is 1. The Hall–Kier alpha value is -2.02. The number of ether oxygens (including phenoxy) is 1. The topological polar surface area (TPSA) is 48.9 Å². The molecule has 1 amide bonds. The SMILES string of the molecule is O=C(CN1CCOCC1)N1CCN(Cc2cccc3cccnc23)CC1. The van der Waals surface area contributed by atoms with Crippen LogP contribution in [0.25, 0.3) is 10.9 Å². The summed E-state index contributed by atoms with van der Waals surface area (Å²) in [6, 6.07) is 10.4. The van der Waals surface area contributed by atoms with E-state index in [1.54, 1.807) is 0 Å². The smallest absolute Gasteiger partial charge is 0.236 e. The minimum absolute atomic E-state index is 0.248. The highest BCUT2D eigenvalue weighted by Gasteiger charge is 2.23. The summed E-state index contributed by atoms with van der Waals surface area (Å²) in [4.78, 5) is 23.7. The Labute approximate surface area is 154 Å². The van der Waals surface area contributed by atoms with Crippen LogP contribution in [0.1, 0.15) is 5.56 Å². The van der Waals surface area contributed by atoms with Crippen molar-refractivity contribution < 1.29 is 9.53 Å². The molecule has 2 aliphatic rings. The van der Waals surface area contributed by atoms with Crippen molar-refractivity contribution in [3.63, 3.8) is 0 Å². The van der Waals surface area contributed by atoms with E-state index in [2.05, 4.69) is 39.0 Å². The molecule has 3 heterocycles. The first-order valence-corrected chi connectivity index (χ1v) is 9.42. The summed E-state index contributed by atoms with van der Waals surface area (Å²) in [6.07, 6.45) is 1.86. The van der Waals surface area contributed by atoms with Crippen molar-refractivity contribution in [2.75, 3.05) is 59.0 Å². The third-order valence-electron chi connectivity index (χ3n) is 5.30. The van der Waals surface area contributed by atoms with E-state index in [4.69, 9.17) is 4.74 Å². The maximum absolute atomic E-state index is 12.5. The van der Waals surface area contributed by atoms with Gasteiger partial charge in [-0.15, -0.1) is 0 Å². The lowest BCUT2D eigenvalue weighted by Crippen LogP contribution is -2.52. The van der Waals surface area contributed by atoms with E-state index in [0.717, 1.165) is 64.5 Å². The zero-order valence-corrected chi connectivity index (χ0v) is 15.1. The molecular weight excluding hydrogens is 328 g/mol. The Balaban J connectivity index is 1.31. The van der Waals surface area contributed by atoms with Gasteiger partial charge in [0.1, 0.15) is 0 Å². The van der Waals surface area contributed by atoms with Crippen LogP contribution in [0.5, 0.6) is 0 Å². The lowest BCUT2D eigenvalue weighted by Gasteiger charge is -2.36. The van der Waals surface area contributed by atoms with E-state index in [-0.39, 0.29) is 5.91 Å². The van der Waals surface area contributed by atoms with Crippen LogP contribution < -0.4 is 0 Å². The van der Waals surface area contributed by atoms with Gasteiger partial charge in [-0.2, -0.15) is 0 Å². The molecule has 2 saturated heterocycles. The lowest BCUT2D eigenvalue weighted by atomic mass is 10.1. The zero-order valence-electron chi connectivity index (χ0n) is 15.1. The number of carbonyl (C=O) groups is 1. The fourth-order valence-electron chi connectivity index (χ4n) is 3.74. The van der Waals surface area contributed by atoms with Crippen LogP contribution in [0.2, 0.25) is 0 Å². The summed E-state index contributed by atoms with van der Waals surface area (Å²) < 4.78 is 5.35. The van der Waals surface area contributed by atoms with Gasteiger partial charge in [0.2, 0.25) is 5.91 Å². The van der Waals surface area contributed by atoms with Crippen molar-refractivity contribution in [1.82, 2.24) is 19.7 Å². The number of aromatic nitrogens is 1. The largest absolute Gasteiger partial charge is 0.379 e. The van der Waals surface area contributed by atoms with Gasteiger partial charge in [-0.25, -0.2) is 0 Å². The highest BCUT2D eigenvalue weighted by atomic mass is 16.5. The van der Waals surface area contributed by atoms with Gasteiger partial charge >= 0.3 is 0 Å². The molecule has 0 bridgehead atoms. The molecular formula is C20H26N4O2. The highest BCUT2D eigenvalue weighted by molar-refractivity contribution is 5.81. The summed E-state index contributed by atoms with van der Waals surface area (Å²) in [5, 5.41) is 1.18. The van der Waals surface area contributed by atoms with Gasteiger partial charge in [0.25, 0.3) is 0 Å². The minimum atomic E-state index is 0.248. The number of morpholine rings is 1. The van der Waals surface area contributed by atoms with Crippen LogP contribution in [-0.2, 0) is 16.1 Å². The van der Waals surface area contributed by atoms with Crippen LogP contribution in [0, 0.1) is 0 Å². The summed E-state index contributed by atoms with van der Waals surface area (Å²) in [5.41, 5.74) is 2.34. The van der Waals surface area contributed by atoms with Crippen molar-refractivity contribution in [2.45, 2.75) is 6.54 Å². The first-order valence-electron chi connectivity index (χ1n) is 9.42. The molecule has 26 heavy (non-hydrogen) atoms. The number of fused-ring (bicyclic) bond motifs is 1. The number of pyridine rings is 1. The monoisotopic (exact) mass is 354 g/mol. The van der Waals surface area contributed by atoms with E-state index in [1.165, 1.54) is 10.9 Å². The molecule has 0 unspecified atom stereocenters. The number of para-hydroxylation sites is 1. The third kappa shape index (κ3) is 4.03. The van der Waals surface area contributed by atoms with Gasteiger partial charge in [-0.05, 0) is 11.6 Å². The van der Waals surface area contributed by atoms with Crippen molar-refractivity contribution >= 4 is 16.8 Å². The maximum Gasteiger partial charge on any atom is 0.236 e. The first kappa shape index (κ1) is 17.4. The van der Waals surface area contributed by atoms with Crippen LogP contribution in [-0.4, -0.2) is 84.6 Å². The normalized spacial score (nSPS) is 19.8. The molecule has 0 atom stereocenters. The van der Waals surface area contributed by atoms with Gasteiger partial charge in [0.05, 0.1) is 25.3 Å². The molecule has 1 aromatic heterocycles. The molecule has 6 nitrogen and oxygen atoms in total. The number of rotatable bonds is 4. The number of hydrogen-bond acceptors (Lipinski definition) is 5. The Bertz CT molecular complexity index is 747. The predicted molar refractivity (Wildman–Crippen MR) is 101 cm³/mol. The van der Waals surface area contributed by atoms with Crippen molar-refractivity contribution in [1.29, 1.82) is 0 Å². The summed E-state index contributed by atoms with van der Waals surface area (Å²) in [5.74, 6) is 0.248. The summed E-state index contributed by atoms with van der Waals surface area (Å²) >= 11 is 0. The number of nitrogens with zero attached hydrogens (tertiary/aromatic N) is 4. The lowest BCUT2D eigenvalue weighted by molar-refractivity contribution is -0.135. The Morgan fingerprint density at radius 1 is 0.962 bits per heavy atom. The van der Waals surface area contributed by atoms with Gasteiger partial charge in [-0.3, -0.25) is 19.6 Å². The van der Waals surface area contributed by atoms with Crippen LogP contribution in [0.4, 0.5) is 0 Å². The van der Waals surface area contributed by atoms with Gasteiger partial charge in [0.15, 0.2) is 0 Å². The Morgan fingerprint density at radius 3 is 2.54 bits per heavy atom. The summed E-state index contributed by atoms with van der Waals surface area (Å²) in [6.45, 7) is 8.05. The molecule has 2 aromatic rings. The summed E-state index contributed by atoms with van der Waals surface area (Å²) in [7, 11) is 0. The van der Waals surface area contributed by atoms with E-state index in [1.807, 2.05) is 17.2 Å². The minimum Gasteiger partial charge on any atom is -0.379 e. The standard InChI is InChI=1S/C20H26N4O2/c25-19(16-23-11-13-26-14-12-23)24-9-7-22(8-10-24)15-18-4-1-3-17-5-2-6-21-20(17)18/h1-6H,7-16H2. The average molecular weight is 354 g/mol. The number of amides is 1. The molecule has 2 aliphatic heterocycles. The first-order chi connectivity index (χ1) is 12.8. The Kier molecular flexibility index (Phi) is 5.43. The molecule has 0 aliphatic carbocycles. The molecule has 0 saturated carbocycles. The number of piperazine rings is 1. The van der Waals surface area contributed by atoms with Crippen molar-refractivity contribution in [3.05, 3.63) is 42.1 Å². The fourth-order valence-corrected chi connectivity index (χ4v) is 3.74. The second-order valence-corrected chi connectivity index (χ2v) is 7.04. The number of hydrogen-bond donors (Lipinski definition) is 0. The van der Waals surface area contributed by atoms with Crippen molar-refractivity contribution in [2.24, 2.45) is 0 Å². The molecule has 0 spiro atoms. The molecule has 0 N–H and O–H groups in total. The molecule has 138 valence electrons. The van der Waals surface area contributed by atoms with Crippen LogP contribution >= 0.6 is 0 Å².